The van der Waals surface area contributed by atoms with Gasteiger partial charge in [-0.05, 0) is 35.0 Å². The molecule has 0 saturated carbocycles. The van der Waals surface area contributed by atoms with E-state index in [1.807, 2.05) is 0 Å². The fraction of sp³-hybridized carbons (Fsp3) is 0.200. The maximum absolute atomic E-state index is 11.8. The van der Waals surface area contributed by atoms with E-state index < -0.39 is 10.0 Å². The van der Waals surface area contributed by atoms with Gasteiger partial charge >= 0.3 is 0 Å². The first kappa shape index (κ1) is 13.0. The van der Waals surface area contributed by atoms with Gasteiger partial charge in [-0.25, -0.2) is 13.4 Å². The Morgan fingerprint density at radius 3 is 2.83 bits per heavy atom. The number of nitrogens with one attached hydrogen (secondary N) is 1. The molecule has 0 bridgehead atoms. The Morgan fingerprint density at radius 2 is 2.22 bits per heavy atom. The zero-order chi connectivity index (χ0) is 13.2. The first-order valence-corrected chi connectivity index (χ1v) is 7.44. The average molecular weight is 332 g/mol. The molecule has 8 heteroatoms. The first-order chi connectivity index (χ1) is 8.44. The summed E-state index contributed by atoms with van der Waals surface area (Å²) in [5, 5.41) is 3.64. The number of aromatic nitrogens is 2. The van der Waals surface area contributed by atoms with Gasteiger partial charge in [-0.3, -0.25) is 4.72 Å². The Hall–Kier alpha value is -1.41. The van der Waals surface area contributed by atoms with Crippen molar-refractivity contribution in [1.29, 1.82) is 0 Å². The van der Waals surface area contributed by atoms with Gasteiger partial charge in [-0.1, -0.05) is 11.2 Å². The molecule has 2 heterocycles. The monoisotopic (exact) mass is 331 g/mol. The highest BCUT2D eigenvalue weighted by molar-refractivity contribution is 9.10. The first-order valence-electron chi connectivity index (χ1n) is 5.00. The molecule has 2 aromatic rings. The molecule has 0 radical (unpaired) electrons. The van der Waals surface area contributed by atoms with Crippen LogP contribution in [0.15, 0.2) is 33.4 Å². The van der Waals surface area contributed by atoms with Gasteiger partial charge in [0.15, 0.2) is 0 Å². The molecule has 6 nitrogen and oxygen atoms in total. The van der Waals surface area contributed by atoms with E-state index in [1.165, 1.54) is 0 Å². The van der Waals surface area contributed by atoms with Gasteiger partial charge in [0, 0.05) is 6.07 Å². The lowest BCUT2D eigenvalue weighted by atomic mass is 10.4. The van der Waals surface area contributed by atoms with Gasteiger partial charge in [0.05, 0.1) is 0 Å². The highest BCUT2D eigenvalue weighted by atomic mass is 79.9. The number of hydrogen-bond acceptors (Lipinski definition) is 5. The molecule has 18 heavy (non-hydrogen) atoms. The summed E-state index contributed by atoms with van der Waals surface area (Å²) in [7, 11) is -3.55. The van der Waals surface area contributed by atoms with Gasteiger partial charge < -0.3 is 4.52 Å². The van der Waals surface area contributed by atoms with E-state index in [4.69, 9.17) is 4.52 Å². The molecule has 1 N–H and O–H groups in total. The Morgan fingerprint density at radius 1 is 1.44 bits per heavy atom. The number of halogens is 1. The molecule has 0 aliphatic heterocycles. The van der Waals surface area contributed by atoms with E-state index in [-0.39, 0.29) is 11.6 Å². The minimum Gasteiger partial charge on any atom is -0.361 e. The van der Waals surface area contributed by atoms with Crippen LogP contribution in [0.4, 0.5) is 5.82 Å². The second-order valence-electron chi connectivity index (χ2n) is 3.64. The lowest BCUT2D eigenvalue weighted by Gasteiger charge is -2.05. The number of anilines is 1. The Labute approximate surface area is 113 Å². The van der Waals surface area contributed by atoms with Gasteiger partial charge in [0.1, 0.15) is 27.6 Å². The fourth-order valence-electron chi connectivity index (χ4n) is 1.34. The number of aryl methyl sites for hydroxylation is 1. The topological polar surface area (TPSA) is 85.1 Å². The van der Waals surface area contributed by atoms with E-state index in [0.29, 0.717) is 16.1 Å². The molecule has 0 fully saturated rings. The van der Waals surface area contributed by atoms with Gasteiger partial charge in [0.25, 0.3) is 0 Å². The SMILES string of the molecule is Cc1cc(CS(=O)(=O)Nc2cccc(Br)n2)no1. The molecule has 0 amide bonds. The third kappa shape index (κ3) is 3.54. The van der Waals surface area contributed by atoms with Crippen LogP contribution >= 0.6 is 15.9 Å². The van der Waals surface area contributed by atoms with Crippen LogP contribution < -0.4 is 4.72 Å². The third-order valence-corrected chi connectivity index (χ3v) is 3.63. The molecule has 0 unspecified atom stereocenters. The van der Waals surface area contributed by atoms with E-state index in [9.17, 15) is 8.42 Å². The van der Waals surface area contributed by atoms with E-state index in [0.717, 1.165) is 0 Å². The van der Waals surface area contributed by atoms with Gasteiger partial charge in [-0.2, -0.15) is 0 Å². The van der Waals surface area contributed by atoms with Crippen molar-refractivity contribution in [2.45, 2.75) is 12.7 Å². The standard InChI is InChI=1S/C10H10BrN3O3S/c1-7-5-8(13-17-7)6-18(15,16)14-10-4-2-3-9(11)12-10/h2-5H,6H2,1H3,(H,12,14). The van der Waals surface area contributed by atoms with Crippen molar-refractivity contribution in [2.75, 3.05) is 4.72 Å². The van der Waals surface area contributed by atoms with Crippen molar-refractivity contribution in [2.24, 2.45) is 0 Å². The molecule has 0 spiro atoms. The lowest BCUT2D eigenvalue weighted by Crippen LogP contribution is -2.16. The van der Waals surface area contributed by atoms with Crippen molar-refractivity contribution < 1.29 is 12.9 Å². The summed E-state index contributed by atoms with van der Waals surface area (Å²) < 4.78 is 31.4. The second kappa shape index (κ2) is 5.07. The van der Waals surface area contributed by atoms with Gasteiger partial charge in [0.2, 0.25) is 10.0 Å². The summed E-state index contributed by atoms with van der Waals surface area (Å²) in [6, 6.07) is 6.54. The highest BCUT2D eigenvalue weighted by Crippen LogP contribution is 2.13. The number of sulfonamides is 1. The van der Waals surface area contributed by atoms with Crippen LogP contribution in [0, 0.1) is 6.92 Å². The Kier molecular flexibility index (Phi) is 3.67. The normalized spacial score (nSPS) is 11.4. The number of nitrogens with zero attached hydrogens (tertiary/aromatic N) is 2. The van der Waals surface area contributed by atoms with Crippen LogP contribution in [0.3, 0.4) is 0 Å². The maximum atomic E-state index is 11.8. The predicted molar refractivity (Wildman–Crippen MR) is 69.4 cm³/mol. The quantitative estimate of drug-likeness (QED) is 0.867. The molecule has 2 rings (SSSR count). The number of pyridine rings is 1. The summed E-state index contributed by atoms with van der Waals surface area (Å²) >= 11 is 3.17. The van der Waals surface area contributed by atoms with Crippen molar-refractivity contribution in [3.05, 3.63) is 40.3 Å². The zero-order valence-corrected chi connectivity index (χ0v) is 11.8. The summed E-state index contributed by atoms with van der Waals surface area (Å²) in [5.41, 5.74) is 0.356. The molecule has 0 atom stereocenters. The van der Waals surface area contributed by atoms with Crippen molar-refractivity contribution in [3.63, 3.8) is 0 Å². The van der Waals surface area contributed by atoms with Crippen molar-refractivity contribution in [3.8, 4) is 0 Å². The smallest absolute Gasteiger partial charge is 0.239 e. The van der Waals surface area contributed by atoms with E-state index in [1.54, 1.807) is 31.2 Å². The Balaban J connectivity index is 2.12. The Bertz CT molecular complexity index is 654. The molecule has 0 saturated heterocycles. The van der Waals surface area contributed by atoms with Crippen LogP contribution in [-0.4, -0.2) is 18.6 Å². The van der Waals surface area contributed by atoms with E-state index >= 15 is 0 Å². The van der Waals surface area contributed by atoms with Gasteiger partial charge in [-0.15, -0.1) is 0 Å². The maximum Gasteiger partial charge on any atom is 0.239 e. The zero-order valence-electron chi connectivity index (χ0n) is 9.42. The minimum atomic E-state index is -3.55. The molecular weight excluding hydrogens is 322 g/mol. The second-order valence-corrected chi connectivity index (χ2v) is 6.17. The number of rotatable bonds is 4. The van der Waals surface area contributed by atoms with Crippen LogP contribution in [0.25, 0.3) is 0 Å². The molecule has 0 aliphatic carbocycles. The summed E-state index contributed by atoms with van der Waals surface area (Å²) in [5.74, 6) is 0.573. The average Bonchev–Trinajstić information content (AvgIpc) is 2.62. The summed E-state index contributed by atoms with van der Waals surface area (Å²) in [6.07, 6.45) is 0. The third-order valence-electron chi connectivity index (χ3n) is 1.99. The summed E-state index contributed by atoms with van der Waals surface area (Å²) in [6.45, 7) is 1.70. The van der Waals surface area contributed by atoms with Crippen LogP contribution in [0.1, 0.15) is 11.5 Å². The van der Waals surface area contributed by atoms with Crippen molar-refractivity contribution >= 4 is 31.8 Å². The van der Waals surface area contributed by atoms with Crippen LogP contribution in [0.5, 0.6) is 0 Å². The molecule has 2 aromatic heterocycles. The molecule has 96 valence electrons. The minimum absolute atomic E-state index is 0.251. The molecule has 0 aliphatic rings. The summed E-state index contributed by atoms with van der Waals surface area (Å²) in [4.78, 5) is 3.99. The molecule has 0 aromatic carbocycles. The van der Waals surface area contributed by atoms with Crippen molar-refractivity contribution in [1.82, 2.24) is 10.1 Å². The van der Waals surface area contributed by atoms with E-state index in [2.05, 4.69) is 30.8 Å². The van der Waals surface area contributed by atoms with Crippen LogP contribution in [0.2, 0.25) is 0 Å². The largest absolute Gasteiger partial charge is 0.361 e. The highest BCUT2D eigenvalue weighted by Gasteiger charge is 2.15. The predicted octanol–water partition coefficient (Wildman–Crippen LogP) is 2.08. The number of hydrogen-bond donors (Lipinski definition) is 1. The van der Waals surface area contributed by atoms with Crippen LogP contribution in [-0.2, 0) is 15.8 Å². The molecular formula is C10H10BrN3O3S. The lowest BCUT2D eigenvalue weighted by molar-refractivity contribution is 0.392. The fourth-order valence-corrected chi connectivity index (χ4v) is 2.71.